The Labute approximate surface area is 126 Å². The number of rotatable bonds is 1. The van der Waals surface area contributed by atoms with Crippen LogP contribution in [0.2, 0.25) is 0 Å². The molecule has 0 unspecified atom stereocenters. The lowest BCUT2D eigenvalue weighted by molar-refractivity contribution is 0.596. The maximum atomic E-state index is 4.54. The molecule has 0 aliphatic carbocycles. The molecule has 21 heavy (non-hydrogen) atoms. The van der Waals surface area contributed by atoms with Crippen molar-refractivity contribution in [1.29, 1.82) is 0 Å². The van der Waals surface area contributed by atoms with Gasteiger partial charge in [0.15, 0.2) is 0 Å². The molecule has 0 saturated carbocycles. The van der Waals surface area contributed by atoms with E-state index in [0.29, 0.717) is 0 Å². The molecule has 0 bridgehead atoms. The highest BCUT2D eigenvalue weighted by atomic mass is 14.7. The van der Waals surface area contributed by atoms with Gasteiger partial charge in [-0.3, -0.25) is 4.98 Å². The Morgan fingerprint density at radius 2 is 1.67 bits per heavy atom. The molecule has 0 aliphatic heterocycles. The highest BCUT2D eigenvalue weighted by Crippen LogP contribution is 2.34. The minimum Gasteiger partial charge on any atom is -0.256 e. The van der Waals surface area contributed by atoms with E-state index in [0.717, 1.165) is 5.69 Å². The number of hydrogen-bond acceptors (Lipinski definition) is 1. The van der Waals surface area contributed by atoms with Gasteiger partial charge in [0.1, 0.15) is 0 Å². The number of fused-ring (bicyclic) bond motifs is 1. The van der Waals surface area contributed by atoms with Crippen molar-refractivity contribution in [2.24, 2.45) is 0 Å². The van der Waals surface area contributed by atoms with Crippen molar-refractivity contribution in [2.45, 2.75) is 33.1 Å². The zero-order chi connectivity index (χ0) is 15.0. The zero-order valence-electron chi connectivity index (χ0n) is 13.1. The predicted molar refractivity (Wildman–Crippen MR) is 90.6 cm³/mol. The summed E-state index contributed by atoms with van der Waals surface area (Å²) in [6, 6.07) is 17.3. The van der Waals surface area contributed by atoms with Gasteiger partial charge in [-0.25, -0.2) is 0 Å². The van der Waals surface area contributed by atoms with E-state index in [4.69, 9.17) is 0 Å². The normalized spacial score (nSPS) is 11.8. The second-order valence-corrected chi connectivity index (χ2v) is 6.71. The standard InChI is InChI=1S/C20H21N/c1-14-9-10-21-19(11-14)16-12-15-7-5-6-8-17(15)18(13-16)20(2,3)4/h5-13H,1-4H3. The van der Waals surface area contributed by atoms with Gasteiger partial charge < -0.3 is 0 Å². The fourth-order valence-electron chi connectivity index (χ4n) is 2.77. The minimum absolute atomic E-state index is 0.111. The molecule has 0 aliphatic rings. The van der Waals surface area contributed by atoms with Crippen LogP contribution >= 0.6 is 0 Å². The Morgan fingerprint density at radius 1 is 0.905 bits per heavy atom. The van der Waals surface area contributed by atoms with E-state index in [1.165, 1.54) is 27.5 Å². The van der Waals surface area contributed by atoms with Crippen LogP contribution in [0.15, 0.2) is 54.7 Å². The van der Waals surface area contributed by atoms with E-state index in [1.54, 1.807) is 0 Å². The van der Waals surface area contributed by atoms with E-state index < -0.39 is 0 Å². The van der Waals surface area contributed by atoms with Crippen LogP contribution in [-0.4, -0.2) is 4.98 Å². The lowest BCUT2D eigenvalue weighted by Crippen LogP contribution is -2.12. The average molecular weight is 275 g/mol. The van der Waals surface area contributed by atoms with Crippen LogP contribution < -0.4 is 0 Å². The molecular formula is C20H21N. The monoisotopic (exact) mass is 275 g/mol. The molecule has 0 amide bonds. The largest absolute Gasteiger partial charge is 0.256 e. The number of nitrogens with zero attached hydrogens (tertiary/aromatic N) is 1. The van der Waals surface area contributed by atoms with E-state index in [-0.39, 0.29) is 5.41 Å². The van der Waals surface area contributed by atoms with Gasteiger partial charge in [0, 0.05) is 11.8 Å². The molecule has 106 valence electrons. The lowest BCUT2D eigenvalue weighted by atomic mass is 9.82. The Balaban J connectivity index is 2.31. The second kappa shape index (κ2) is 5.00. The van der Waals surface area contributed by atoms with E-state index in [1.807, 2.05) is 12.3 Å². The van der Waals surface area contributed by atoms with Gasteiger partial charge >= 0.3 is 0 Å². The summed E-state index contributed by atoms with van der Waals surface area (Å²) >= 11 is 0. The van der Waals surface area contributed by atoms with Crippen molar-refractivity contribution in [3.05, 3.63) is 65.9 Å². The molecule has 0 atom stereocenters. The first-order chi connectivity index (χ1) is 9.95. The summed E-state index contributed by atoms with van der Waals surface area (Å²) in [5, 5.41) is 2.62. The third-order valence-corrected chi connectivity index (χ3v) is 3.88. The number of pyridine rings is 1. The molecule has 0 radical (unpaired) electrons. The molecule has 2 aromatic carbocycles. The molecule has 0 spiro atoms. The summed E-state index contributed by atoms with van der Waals surface area (Å²) < 4.78 is 0. The fourth-order valence-corrected chi connectivity index (χ4v) is 2.77. The summed E-state index contributed by atoms with van der Waals surface area (Å²) in [6.07, 6.45) is 1.89. The van der Waals surface area contributed by atoms with Crippen molar-refractivity contribution >= 4 is 10.8 Å². The first kappa shape index (κ1) is 13.8. The highest BCUT2D eigenvalue weighted by molar-refractivity contribution is 5.90. The zero-order valence-corrected chi connectivity index (χ0v) is 13.1. The van der Waals surface area contributed by atoms with Gasteiger partial charge in [-0.05, 0) is 58.5 Å². The molecule has 1 heteroatoms. The third-order valence-electron chi connectivity index (χ3n) is 3.88. The van der Waals surface area contributed by atoms with Crippen molar-refractivity contribution in [3.63, 3.8) is 0 Å². The van der Waals surface area contributed by atoms with Crippen molar-refractivity contribution < 1.29 is 0 Å². The quantitative estimate of drug-likeness (QED) is 0.571. The number of hydrogen-bond donors (Lipinski definition) is 0. The Kier molecular flexibility index (Phi) is 3.29. The summed E-state index contributed by atoms with van der Waals surface area (Å²) in [5.41, 5.74) is 4.97. The Bertz CT molecular complexity index is 794. The van der Waals surface area contributed by atoms with E-state index in [9.17, 15) is 0 Å². The van der Waals surface area contributed by atoms with Crippen molar-refractivity contribution in [1.82, 2.24) is 4.98 Å². The SMILES string of the molecule is Cc1ccnc(-c2cc(C(C)(C)C)c3ccccc3c2)c1. The van der Waals surface area contributed by atoms with E-state index >= 15 is 0 Å². The summed E-state index contributed by atoms with van der Waals surface area (Å²) in [5.74, 6) is 0. The lowest BCUT2D eigenvalue weighted by Gasteiger charge is -2.22. The summed E-state index contributed by atoms with van der Waals surface area (Å²) in [4.78, 5) is 4.54. The predicted octanol–water partition coefficient (Wildman–Crippen LogP) is 5.51. The third kappa shape index (κ3) is 2.69. The van der Waals surface area contributed by atoms with Crippen LogP contribution in [0, 0.1) is 6.92 Å². The number of benzene rings is 2. The molecule has 1 heterocycles. The molecule has 0 fully saturated rings. The number of aromatic nitrogens is 1. The van der Waals surface area contributed by atoms with Gasteiger partial charge in [-0.15, -0.1) is 0 Å². The number of aryl methyl sites for hydroxylation is 1. The van der Waals surface area contributed by atoms with Crippen LogP contribution in [0.5, 0.6) is 0 Å². The highest BCUT2D eigenvalue weighted by Gasteiger charge is 2.18. The fraction of sp³-hybridized carbons (Fsp3) is 0.250. The minimum atomic E-state index is 0.111. The van der Waals surface area contributed by atoms with E-state index in [2.05, 4.69) is 75.1 Å². The van der Waals surface area contributed by atoms with Crippen LogP contribution in [0.1, 0.15) is 31.9 Å². The second-order valence-electron chi connectivity index (χ2n) is 6.71. The maximum Gasteiger partial charge on any atom is 0.0704 e. The molecule has 3 rings (SSSR count). The van der Waals surface area contributed by atoms with Crippen molar-refractivity contribution in [2.75, 3.05) is 0 Å². The molecule has 0 saturated heterocycles. The van der Waals surface area contributed by atoms with Gasteiger partial charge in [-0.2, -0.15) is 0 Å². The van der Waals surface area contributed by atoms with Gasteiger partial charge in [0.05, 0.1) is 5.69 Å². The van der Waals surface area contributed by atoms with Gasteiger partial charge in [-0.1, -0.05) is 45.0 Å². The maximum absolute atomic E-state index is 4.54. The van der Waals surface area contributed by atoms with Crippen LogP contribution in [0.3, 0.4) is 0 Å². The Hall–Kier alpha value is -2.15. The van der Waals surface area contributed by atoms with Gasteiger partial charge in [0.2, 0.25) is 0 Å². The Morgan fingerprint density at radius 3 is 2.38 bits per heavy atom. The van der Waals surface area contributed by atoms with Crippen molar-refractivity contribution in [3.8, 4) is 11.3 Å². The first-order valence-corrected chi connectivity index (χ1v) is 7.41. The van der Waals surface area contributed by atoms with Gasteiger partial charge in [0.25, 0.3) is 0 Å². The molecule has 0 N–H and O–H groups in total. The average Bonchev–Trinajstić information content (AvgIpc) is 2.45. The summed E-state index contributed by atoms with van der Waals surface area (Å²) in [6.45, 7) is 8.91. The van der Waals surface area contributed by atoms with Crippen LogP contribution in [0.25, 0.3) is 22.0 Å². The topological polar surface area (TPSA) is 12.9 Å². The molecule has 1 aromatic heterocycles. The summed E-state index contributed by atoms with van der Waals surface area (Å²) in [7, 11) is 0. The molecular weight excluding hydrogens is 254 g/mol. The molecule has 1 nitrogen and oxygen atoms in total. The van der Waals surface area contributed by atoms with Crippen LogP contribution in [-0.2, 0) is 5.41 Å². The first-order valence-electron chi connectivity index (χ1n) is 7.41. The van der Waals surface area contributed by atoms with Crippen LogP contribution in [0.4, 0.5) is 0 Å². The smallest absolute Gasteiger partial charge is 0.0704 e. The molecule has 3 aromatic rings.